The normalized spacial score (nSPS) is 25.6. The van der Waals surface area contributed by atoms with Gasteiger partial charge in [0.1, 0.15) is 5.56 Å². The molecule has 0 radical (unpaired) electrons. The molecule has 122 valence electrons. The summed E-state index contributed by atoms with van der Waals surface area (Å²) in [6.45, 7) is 3.92. The molecule has 4 heterocycles. The number of likely N-dealkylation sites (tertiary alicyclic amines) is 2. The second kappa shape index (κ2) is 5.60. The molecule has 6 nitrogen and oxygen atoms in total. The minimum absolute atomic E-state index is 0.0842. The minimum atomic E-state index is 0.0842. The number of carbonyl (C=O) groups excluding carboxylic acids is 1. The van der Waals surface area contributed by atoms with Crippen LogP contribution in [0.1, 0.15) is 41.7 Å². The maximum Gasteiger partial charge on any atom is 0.259 e. The average Bonchev–Trinajstić information content (AvgIpc) is 3.24. The number of aromatic nitrogens is 3. The van der Waals surface area contributed by atoms with Crippen LogP contribution in [0.2, 0.25) is 0 Å². The van der Waals surface area contributed by atoms with Crippen LogP contribution >= 0.6 is 0 Å². The summed E-state index contributed by atoms with van der Waals surface area (Å²) in [4.78, 5) is 22.1. The Kier molecular flexibility index (Phi) is 3.56. The van der Waals surface area contributed by atoms with Crippen molar-refractivity contribution in [1.82, 2.24) is 24.4 Å². The van der Waals surface area contributed by atoms with E-state index >= 15 is 0 Å². The Bertz CT molecular complexity index is 740. The number of carbonyl (C=O) groups is 1. The Hall–Kier alpha value is -1.95. The minimum Gasteiger partial charge on any atom is -0.334 e. The topological polar surface area (TPSA) is 53.7 Å². The van der Waals surface area contributed by atoms with Crippen molar-refractivity contribution in [3.63, 3.8) is 0 Å². The molecule has 2 aromatic heterocycles. The van der Waals surface area contributed by atoms with Crippen LogP contribution in [-0.2, 0) is 0 Å². The van der Waals surface area contributed by atoms with E-state index in [0.717, 1.165) is 31.6 Å². The summed E-state index contributed by atoms with van der Waals surface area (Å²) in [5.41, 5.74) is 2.20. The Balaban J connectivity index is 1.65. The number of rotatable bonds is 2. The Morgan fingerprint density at radius 1 is 1.22 bits per heavy atom. The summed E-state index contributed by atoms with van der Waals surface area (Å²) < 4.78 is 1.69. The lowest BCUT2D eigenvalue weighted by atomic mass is 10.0. The molecule has 0 N–H and O–H groups in total. The summed E-state index contributed by atoms with van der Waals surface area (Å²) in [7, 11) is 2.18. The summed E-state index contributed by atoms with van der Waals surface area (Å²) in [5, 5.41) is 4.29. The van der Waals surface area contributed by atoms with Gasteiger partial charge in [-0.2, -0.15) is 5.10 Å². The molecule has 2 fully saturated rings. The molecule has 2 aliphatic rings. The maximum atomic E-state index is 13.1. The van der Waals surface area contributed by atoms with E-state index < -0.39 is 0 Å². The predicted octanol–water partition coefficient (Wildman–Crippen LogP) is 1.74. The van der Waals surface area contributed by atoms with E-state index in [4.69, 9.17) is 0 Å². The van der Waals surface area contributed by atoms with E-state index in [1.54, 1.807) is 10.7 Å². The van der Waals surface area contributed by atoms with Crippen LogP contribution < -0.4 is 0 Å². The van der Waals surface area contributed by atoms with Crippen LogP contribution in [0.3, 0.4) is 0 Å². The third kappa shape index (κ3) is 2.41. The smallest absolute Gasteiger partial charge is 0.259 e. The van der Waals surface area contributed by atoms with Crippen molar-refractivity contribution in [2.45, 2.75) is 44.7 Å². The second-order valence-electron chi connectivity index (χ2n) is 6.79. The van der Waals surface area contributed by atoms with Gasteiger partial charge in [0, 0.05) is 30.5 Å². The molecule has 2 atom stereocenters. The van der Waals surface area contributed by atoms with Gasteiger partial charge < -0.3 is 9.80 Å². The molecule has 0 spiro atoms. The Morgan fingerprint density at radius 2 is 2.00 bits per heavy atom. The van der Waals surface area contributed by atoms with Gasteiger partial charge in [0.2, 0.25) is 0 Å². The SMILES string of the molecule is Cc1ccn2ncc(C(=O)N3CCC[C@H]3[C@H]3CCCN3C)c2n1. The van der Waals surface area contributed by atoms with Crippen LogP contribution in [0.5, 0.6) is 0 Å². The van der Waals surface area contributed by atoms with Crippen molar-refractivity contribution in [2.24, 2.45) is 0 Å². The molecule has 6 heteroatoms. The monoisotopic (exact) mass is 313 g/mol. The summed E-state index contributed by atoms with van der Waals surface area (Å²) >= 11 is 0. The summed E-state index contributed by atoms with van der Waals surface area (Å²) in [6.07, 6.45) is 8.14. The Labute approximate surface area is 136 Å². The molecular formula is C17H23N5O. The van der Waals surface area contributed by atoms with Crippen molar-refractivity contribution < 1.29 is 4.79 Å². The van der Waals surface area contributed by atoms with Gasteiger partial charge >= 0.3 is 0 Å². The van der Waals surface area contributed by atoms with Gasteiger partial charge in [-0.3, -0.25) is 4.79 Å². The van der Waals surface area contributed by atoms with Crippen molar-refractivity contribution >= 4 is 11.6 Å². The fourth-order valence-electron chi connectivity index (χ4n) is 4.13. The molecule has 2 aromatic rings. The van der Waals surface area contributed by atoms with Crippen LogP contribution in [0.25, 0.3) is 5.65 Å². The molecule has 4 rings (SSSR count). The highest BCUT2D eigenvalue weighted by molar-refractivity contribution is 6.00. The van der Waals surface area contributed by atoms with E-state index in [1.807, 2.05) is 19.2 Å². The zero-order valence-electron chi connectivity index (χ0n) is 13.8. The first kappa shape index (κ1) is 14.6. The van der Waals surface area contributed by atoms with Gasteiger partial charge in [-0.15, -0.1) is 0 Å². The third-order valence-electron chi connectivity index (χ3n) is 5.32. The fraction of sp³-hybridized carbons (Fsp3) is 0.588. The summed E-state index contributed by atoms with van der Waals surface area (Å²) in [5.74, 6) is 0.0842. The number of fused-ring (bicyclic) bond motifs is 1. The summed E-state index contributed by atoms with van der Waals surface area (Å²) in [6, 6.07) is 2.73. The van der Waals surface area contributed by atoms with Crippen molar-refractivity contribution in [3.8, 4) is 0 Å². The van der Waals surface area contributed by atoms with Crippen molar-refractivity contribution in [1.29, 1.82) is 0 Å². The number of likely N-dealkylation sites (N-methyl/N-ethyl adjacent to an activating group) is 1. The van der Waals surface area contributed by atoms with Crippen LogP contribution in [0, 0.1) is 6.92 Å². The predicted molar refractivity (Wildman–Crippen MR) is 87.4 cm³/mol. The quantitative estimate of drug-likeness (QED) is 0.847. The molecule has 0 unspecified atom stereocenters. The molecule has 23 heavy (non-hydrogen) atoms. The number of hydrogen-bond acceptors (Lipinski definition) is 4. The first-order valence-corrected chi connectivity index (χ1v) is 8.47. The number of hydrogen-bond donors (Lipinski definition) is 0. The number of aryl methyl sites for hydroxylation is 1. The van der Waals surface area contributed by atoms with Gasteiger partial charge in [-0.05, 0) is 52.3 Å². The molecule has 0 bridgehead atoms. The highest BCUT2D eigenvalue weighted by Gasteiger charge is 2.39. The highest BCUT2D eigenvalue weighted by atomic mass is 16.2. The largest absolute Gasteiger partial charge is 0.334 e. The second-order valence-corrected chi connectivity index (χ2v) is 6.79. The molecule has 0 aliphatic carbocycles. The third-order valence-corrected chi connectivity index (χ3v) is 5.32. The Morgan fingerprint density at radius 3 is 2.78 bits per heavy atom. The first-order valence-electron chi connectivity index (χ1n) is 8.47. The van der Waals surface area contributed by atoms with Gasteiger partial charge in [0.25, 0.3) is 5.91 Å². The van der Waals surface area contributed by atoms with Crippen molar-refractivity contribution in [3.05, 3.63) is 29.7 Å². The maximum absolute atomic E-state index is 13.1. The van der Waals surface area contributed by atoms with E-state index in [1.165, 1.54) is 12.8 Å². The number of amides is 1. The van der Waals surface area contributed by atoms with E-state index in [0.29, 0.717) is 23.3 Å². The number of nitrogens with zero attached hydrogens (tertiary/aromatic N) is 5. The molecule has 0 aromatic carbocycles. The van der Waals surface area contributed by atoms with E-state index in [-0.39, 0.29) is 5.91 Å². The van der Waals surface area contributed by atoms with Crippen LogP contribution in [0.4, 0.5) is 0 Å². The molecular weight excluding hydrogens is 290 g/mol. The lowest BCUT2D eigenvalue weighted by molar-refractivity contribution is 0.0666. The first-order chi connectivity index (χ1) is 11.1. The molecule has 2 aliphatic heterocycles. The van der Waals surface area contributed by atoms with Crippen LogP contribution in [-0.4, -0.2) is 62.5 Å². The van der Waals surface area contributed by atoms with Crippen molar-refractivity contribution in [2.75, 3.05) is 20.1 Å². The van der Waals surface area contributed by atoms with E-state index in [9.17, 15) is 4.79 Å². The zero-order chi connectivity index (χ0) is 16.0. The molecule has 1 amide bonds. The molecule has 0 saturated carbocycles. The lowest BCUT2D eigenvalue weighted by Gasteiger charge is -2.33. The van der Waals surface area contributed by atoms with Crippen LogP contribution in [0.15, 0.2) is 18.5 Å². The average molecular weight is 313 g/mol. The zero-order valence-corrected chi connectivity index (χ0v) is 13.8. The van der Waals surface area contributed by atoms with Gasteiger partial charge in [0.05, 0.1) is 6.20 Å². The standard InChI is InChI=1S/C17H23N5O/c1-12-7-10-22-16(19-12)13(11-18-22)17(23)21-9-4-6-15(21)14-5-3-8-20(14)2/h7,10-11,14-15H,3-6,8-9H2,1-2H3/t14-,15+/m1/s1. The fourth-order valence-corrected chi connectivity index (χ4v) is 4.13. The van der Waals surface area contributed by atoms with Gasteiger partial charge in [0.15, 0.2) is 5.65 Å². The van der Waals surface area contributed by atoms with Gasteiger partial charge in [-0.25, -0.2) is 9.50 Å². The van der Waals surface area contributed by atoms with Gasteiger partial charge in [-0.1, -0.05) is 0 Å². The lowest BCUT2D eigenvalue weighted by Crippen LogP contribution is -2.47. The van der Waals surface area contributed by atoms with E-state index in [2.05, 4.69) is 26.9 Å². The molecule has 2 saturated heterocycles. The highest BCUT2D eigenvalue weighted by Crippen LogP contribution is 2.30.